The topological polar surface area (TPSA) is 128 Å². The van der Waals surface area contributed by atoms with Crippen molar-refractivity contribution in [3.63, 3.8) is 0 Å². The summed E-state index contributed by atoms with van der Waals surface area (Å²) in [6, 6.07) is 13.4. The molecule has 0 radical (unpaired) electrons. The zero-order chi connectivity index (χ0) is 24.5. The Bertz CT molecular complexity index is 1630. The van der Waals surface area contributed by atoms with Crippen LogP contribution in [0.2, 0.25) is 0 Å². The second kappa shape index (κ2) is 9.14. The molecule has 4 rings (SSSR count). The quantitative estimate of drug-likeness (QED) is 0.236. The van der Waals surface area contributed by atoms with Crippen LogP contribution < -0.4 is 25.6 Å². The molecule has 2 aromatic heterocycles. The summed E-state index contributed by atoms with van der Waals surface area (Å²) in [5.74, 6) is 0.0397. The number of H-pyrrole nitrogens is 1. The molecular formula is C23H18N2O7S2. The van der Waals surface area contributed by atoms with Gasteiger partial charge < -0.3 is 9.47 Å². The van der Waals surface area contributed by atoms with Crippen LogP contribution in [0.3, 0.4) is 0 Å². The highest BCUT2D eigenvalue weighted by molar-refractivity contribution is 7.85. The molecule has 4 aromatic rings. The average molecular weight is 499 g/mol. The van der Waals surface area contributed by atoms with Gasteiger partial charge in [-0.3, -0.25) is 14.4 Å². The van der Waals surface area contributed by atoms with Gasteiger partial charge in [-0.15, -0.1) is 11.3 Å². The van der Waals surface area contributed by atoms with Gasteiger partial charge in [-0.25, -0.2) is 9.48 Å². The number of carbonyl (C=O) groups is 1. The molecule has 0 amide bonds. The number of esters is 1. The summed E-state index contributed by atoms with van der Waals surface area (Å²) >= 11 is 1.26. The van der Waals surface area contributed by atoms with E-state index in [1.54, 1.807) is 41.8 Å². The van der Waals surface area contributed by atoms with Gasteiger partial charge in [0.25, 0.3) is 15.7 Å². The number of thiophene rings is 1. The summed E-state index contributed by atoms with van der Waals surface area (Å²) in [5.41, 5.74) is 0.537. The second-order valence-corrected chi connectivity index (χ2v) is 9.40. The molecule has 0 atom stereocenters. The number of methoxy groups -OCH3 is 1. The van der Waals surface area contributed by atoms with E-state index in [0.717, 1.165) is 0 Å². The number of hydrogen-bond acceptors (Lipinski definition) is 7. The number of aromatic nitrogens is 2. The smallest absolute Gasteiger partial charge is 0.353 e. The highest BCUT2D eigenvalue weighted by Gasteiger charge is 2.14. The fourth-order valence-corrected chi connectivity index (χ4v) is 4.24. The number of nitrogens with zero attached hydrogens (tertiary/aromatic N) is 1. The molecule has 174 valence electrons. The van der Waals surface area contributed by atoms with Gasteiger partial charge in [0.2, 0.25) is 0 Å². The molecule has 2 N–H and O–H groups in total. The van der Waals surface area contributed by atoms with Crippen molar-refractivity contribution in [2.24, 2.45) is 0 Å². The second-order valence-electron chi connectivity index (χ2n) is 7.04. The van der Waals surface area contributed by atoms with Gasteiger partial charge in [-0.2, -0.15) is 8.42 Å². The van der Waals surface area contributed by atoms with E-state index in [1.165, 1.54) is 47.4 Å². The van der Waals surface area contributed by atoms with E-state index in [2.05, 4.69) is 11.7 Å². The van der Waals surface area contributed by atoms with Crippen molar-refractivity contribution in [1.29, 1.82) is 0 Å². The standard InChI is InChI=1S/C23H18N2O7S2/c1-14-18(22(26)25(24-14)16-6-8-17(9-7-16)34(28,29)30)12-15-5-10-19(20(13-15)31-2)32-23(27)21-4-3-11-33-21/h3-13,24H,1H2,2H3,(H,28,29,30)/b18-12+. The SMILES string of the molecule is C=c1[nH]n(-c2ccc(S(=O)(=O)O)cc2)c(=O)/c1=C/c1ccc(OC(=O)c2cccs2)c(OC)c1. The van der Waals surface area contributed by atoms with Crippen molar-refractivity contribution in [1.82, 2.24) is 9.78 Å². The maximum atomic E-state index is 13.0. The number of ether oxygens (including phenoxy) is 2. The van der Waals surface area contributed by atoms with E-state index in [0.29, 0.717) is 27.2 Å². The Balaban J connectivity index is 1.68. The van der Waals surface area contributed by atoms with Crippen LogP contribution in [0.4, 0.5) is 0 Å². The Morgan fingerprint density at radius 1 is 1.15 bits per heavy atom. The maximum absolute atomic E-state index is 13.0. The minimum absolute atomic E-state index is 0.235. The van der Waals surface area contributed by atoms with Gasteiger partial charge in [0, 0.05) is 0 Å². The number of carbonyl (C=O) groups excluding carboxylic acids is 1. The summed E-state index contributed by atoms with van der Waals surface area (Å²) in [7, 11) is -2.91. The molecular weight excluding hydrogens is 480 g/mol. The van der Waals surface area contributed by atoms with Crippen molar-refractivity contribution in [3.8, 4) is 17.2 Å². The molecule has 0 fully saturated rings. The van der Waals surface area contributed by atoms with E-state index in [4.69, 9.17) is 14.0 Å². The summed E-state index contributed by atoms with van der Waals surface area (Å²) in [5, 5.41) is 5.21. The van der Waals surface area contributed by atoms with Gasteiger partial charge in [0.05, 0.1) is 28.3 Å². The van der Waals surface area contributed by atoms with Crippen molar-refractivity contribution >= 4 is 40.1 Å². The van der Waals surface area contributed by atoms with E-state index >= 15 is 0 Å². The molecule has 34 heavy (non-hydrogen) atoms. The largest absolute Gasteiger partial charge is 0.493 e. The molecule has 9 nitrogen and oxygen atoms in total. The first-order valence-corrected chi connectivity index (χ1v) is 12.0. The van der Waals surface area contributed by atoms with Crippen LogP contribution in [0.15, 0.2) is 69.7 Å². The lowest BCUT2D eigenvalue weighted by Gasteiger charge is -2.09. The van der Waals surface area contributed by atoms with E-state index < -0.39 is 21.6 Å². The molecule has 2 aromatic carbocycles. The Morgan fingerprint density at radius 3 is 2.50 bits per heavy atom. The molecule has 0 bridgehead atoms. The van der Waals surface area contributed by atoms with Crippen LogP contribution in [0.1, 0.15) is 15.2 Å². The van der Waals surface area contributed by atoms with Crippen LogP contribution >= 0.6 is 11.3 Å². The van der Waals surface area contributed by atoms with Crippen molar-refractivity contribution < 1.29 is 27.2 Å². The lowest BCUT2D eigenvalue weighted by molar-refractivity contribution is 0.0734. The fourth-order valence-electron chi connectivity index (χ4n) is 3.16. The van der Waals surface area contributed by atoms with Crippen molar-refractivity contribution in [2.45, 2.75) is 4.90 Å². The normalized spacial score (nSPS) is 12.0. The summed E-state index contributed by atoms with van der Waals surface area (Å²) < 4.78 is 43.5. The zero-order valence-electron chi connectivity index (χ0n) is 17.7. The number of hydrogen-bond donors (Lipinski definition) is 2. The van der Waals surface area contributed by atoms with Gasteiger partial charge in [0.1, 0.15) is 4.88 Å². The Morgan fingerprint density at radius 2 is 1.88 bits per heavy atom. The monoisotopic (exact) mass is 498 g/mol. The third-order valence-corrected chi connectivity index (χ3v) is 6.54. The number of benzene rings is 2. The highest BCUT2D eigenvalue weighted by Crippen LogP contribution is 2.29. The zero-order valence-corrected chi connectivity index (χ0v) is 19.4. The first-order chi connectivity index (χ1) is 16.2. The fraction of sp³-hybridized carbons (Fsp3) is 0.0435. The van der Waals surface area contributed by atoms with Gasteiger partial charge in [0.15, 0.2) is 11.5 Å². The molecule has 11 heteroatoms. The molecule has 0 unspecified atom stereocenters. The van der Waals surface area contributed by atoms with E-state index in [-0.39, 0.29) is 15.9 Å². The molecule has 0 saturated carbocycles. The van der Waals surface area contributed by atoms with Crippen molar-refractivity contribution in [3.05, 3.63) is 91.3 Å². The molecule has 2 heterocycles. The Hall–Kier alpha value is -3.93. The van der Waals surface area contributed by atoms with E-state index in [9.17, 15) is 18.0 Å². The predicted octanol–water partition coefficient (Wildman–Crippen LogP) is 1.94. The van der Waals surface area contributed by atoms with Gasteiger partial charge in [-0.1, -0.05) is 18.7 Å². The van der Waals surface area contributed by atoms with Crippen LogP contribution in [0.5, 0.6) is 11.5 Å². The van der Waals surface area contributed by atoms with Crippen LogP contribution in [-0.2, 0) is 10.1 Å². The average Bonchev–Trinajstić information content (AvgIpc) is 3.44. The minimum atomic E-state index is -4.34. The van der Waals surface area contributed by atoms with Crippen LogP contribution in [0.25, 0.3) is 18.3 Å². The highest BCUT2D eigenvalue weighted by atomic mass is 32.2. The Labute approximate surface area is 197 Å². The summed E-state index contributed by atoms with van der Waals surface area (Å²) in [4.78, 5) is 25.4. The lowest BCUT2D eigenvalue weighted by Crippen LogP contribution is -2.33. The summed E-state index contributed by atoms with van der Waals surface area (Å²) in [6.45, 7) is 3.87. The third kappa shape index (κ3) is 4.71. The van der Waals surface area contributed by atoms with Crippen LogP contribution in [-0.4, -0.2) is 35.8 Å². The number of nitrogens with one attached hydrogen (secondary N) is 1. The summed E-state index contributed by atoms with van der Waals surface area (Å²) in [6.07, 6.45) is 1.59. The van der Waals surface area contributed by atoms with E-state index in [1.807, 2.05) is 0 Å². The minimum Gasteiger partial charge on any atom is -0.493 e. The number of rotatable bonds is 6. The van der Waals surface area contributed by atoms with Crippen LogP contribution in [0, 0.1) is 0 Å². The van der Waals surface area contributed by atoms with Gasteiger partial charge in [-0.05, 0) is 59.5 Å². The first kappa shape index (κ1) is 23.2. The van der Waals surface area contributed by atoms with Crippen molar-refractivity contribution in [2.75, 3.05) is 7.11 Å². The molecule has 0 aliphatic heterocycles. The first-order valence-electron chi connectivity index (χ1n) is 9.71. The molecule has 0 saturated heterocycles. The molecule has 0 aliphatic carbocycles. The molecule has 0 aliphatic rings. The number of aromatic amines is 1. The lowest BCUT2D eigenvalue weighted by atomic mass is 10.1. The van der Waals surface area contributed by atoms with Gasteiger partial charge >= 0.3 is 5.97 Å². The third-order valence-electron chi connectivity index (χ3n) is 4.82. The molecule has 0 spiro atoms. The maximum Gasteiger partial charge on any atom is 0.353 e. The predicted molar refractivity (Wildman–Crippen MR) is 127 cm³/mol. The Kier molecular flexibility index (Phi) is 6.24.